The number of ether oxygens (including phenoxy) is 1. The van der Waals surface area contributed by atoms with E-state index in [0.717, 1.165) is 17.9 Å². The lowest BCUT2D eigenvalue weighted by molar-refractivity contribution is -0.134. The number of carbonyl (C=O) groups excluding carboxylic acids is 1. The number of pyridine rings is 1. The summed E-state index contributed by atoms with van der Waals surface area (Å²) in [6.07, 6.45) is 4.30. The molecule has 0 aliphatic carbocycles. The molecule has 2 N–H and O–H groups in total. The van der Waals surface area contributed by atoms with Crippen molar-refractivity contribution in [2.24, 2.45) is 0 Å². The summed E-state index contributed by atoms with van der Waals surface area (Å²) in [6.45, 7) is 2.55. The van der Waals surface area contributed by atoms with Gasteiger partial charge in [0.15, 0.2) is 0 Å². The highest BCUT2D eigenvalue weighted by atomic mass is 35.5. The molecule has 1 unspecified atom stereocenters. The van der Waals surface area contributed by atoms with E-state index in [9.17, 15) is 4.79 Å². The number of hydrogen-bond donors (Lipinski definition) is 2. The molecular weight excluding hydrogens is 327 g/mol. The van der Waals surface area contributed by atoms with Gasteiger partial charge in [0.1, 0.15) is 11.8 Å². The van der Waals surface area contributed by atoms with Crippen molar-refractivity contribution in [2.75, 3.05) is 26.2 Å². The molecule has 0 saturated carbocycles. The third kappa shape index (κ3) is 4.58. The summed E-state index contributed by atoms with van der Waals surface area (Å²) in [5.41, 5.74) is 1.90. The van der Waals surface area contributed by atoms with E-state index in [1.54, 1.807) is 0 Å². The number of rotatable bonds is 4. The van der Waals surface area contributed by atoms with E-state index in [-0.39, 0.29) is 36.8 Å². The number of aromatic nitrogens is 2. The first-order valence-electron chi connectivity index (χ1n) is 6.85. The first-order valence-corrected chi connectivity index (χ1v) is 6.85. The van der Waals surface area contributed by atoms with Crippen molar-refractivity contribution in [1.82, 2.24) is 20.0 Å². The van der Waals surface area contributed by atoms with Crippen molar-refractivity contribution in [2.45, 2.75) is 12.5 Å². The van der Waals surface area contributed by atoms with Crippen LogP contribution in [0, 0.1) is 0 Å². The highest BCUT2D eigenvalue weighted by molar-refractivity contribution is 5.85. The number of nitrogens with one attached hydrogen (secondary N) is 2. The molecule has 3 heterocycles. The number of morpholine rings is 1. The fourth-order valence-electron chi connectivity index (χ4n) is 2.27. The van der Waals surface area contributed by atoms with Gasteiger partial charge in [-0.1, -0.05) is 6.07 Å². The zero-order valence-electron chi connectivity index (χ0n) is 12.0. The number of nitrogens with zero attached hydrogens (tertiary/aromatic N) is 2. The summed E-state index contributed by atoms with van der Waals surface area (Å²) in [5, 5.41) is 6.03. The maximum atomic E-state index is 11.9. The fourth-order valence-corrected chi connectivity index (χ4v) is 2.27. The van der Waals surface area contributed by atoms with Crippen LogP contribution in [0.15, 0.2) is 30.6 Å². The Morgan fingerprint density at radius 1 is 1.45 bits per heavy atom. The Bertz CT molecular complexity index is 566. The minimum atomic E-state index is -0.371. The largest absolute Gasteiger partial charge is 0.366 e. The molecule has 1 saturated heterocycles. The summed E-state index contributed by atoms with van der Waals surface area (Å²) in [5.74, 6) is -0.0547. The molecule has 0 aromatic carbocycles. The minimum absolute atomic E-state index is 0. The van der Waals surface area contributed by atoms with Gasteiger partial charge in [-0.05, 0) is 12.1 Å². The first kappa shape index (κ1) is 18.7. The molecule has 2 aromatic heterocycles. The zero-order valence-corrected chi connectivity index (χ0v) is 13.7. The van der Waals surface area contributed by atoms with E-state index >= 15 is 0 Å². The smallest absolute Gasteiger partial charge is 0.250 e. The molecule has 0 radical (unpaired) electrons. The molecule has 3 rings (SSSR count). The normalized spacial score (nSPS) is 17.4. The molecule has 1 fully saturated rings. The molecule has 6 nitrogen and oxygen atoms in total. The van der Waals surface area contributed by atoms with Gasteiger partial charge in [-0.3, -0.25) is 4.79 Å². The minimum Gasteiger partial charge on any atom is -0.366 e. The van der Waals surface area contributed by atoms with Gasteiger partial charge in [0.25, 0.3) is 0 Å². The van der Waals surface area contributed by atoms with Gasteiger partial charge in [0.2, 0.25) is 5.91 Å². The highest BCUT2D eigenvalue weighted by Gasteiger charge is 2.20. The van der Waals surface area contributed by atoms with Crippen LogP contribution >= 0.6 is 24.8 Å². The van der Waals surface area contributed by atoms with E-state index in [2.05, 4.69) is 15.6 Å². The molecule has 1 amide bonds. The number of halogens is 2. The predicted molar refractivity (Wildman–Crippen MR) is 89.0 cm³/mol. The third-order valence-corrected chi connectivity index (χ3v) is 3.31. The molecule has 0 bridgehead atoms. The standard InChI is InChI=1S/C14H18N4O2.2ClH/c19-14(12-9-15-6-8-20-12)16-5-4-11-10-18-7-2-1-3-13(18)17-11;;/h1-3,7,10,12,15H,4-6,8-9H2,(H,16,19);2*1H. The van der Waals surface area contributed by atoms with Crippen molar-refractivity contribution < 1.29 is 9.53 Å². The average molecular weight is 347 g/mol. The van der Waals surface area contributed by atoms with Gasteiger partial charge in [0.05, 0.1) is 12.3 Å². The van der Waals surface area contributed by atoms with Crippen LogP contribution in [0.3, 0.4) is 0 Å². The second-order valence-corrected chi connectivity index (χ2v) is 4.80. The summed E-state index contributed by atoms with van der Waals surface area (Å²) >= 11 is 0. The zero-order chi connectivity index (χ0) is 13.8. The van der Waals surface area contributed by atoms with Gasteiger partial charge in [-0.15, -0.1) is 24.8 Å². The van der Waals surface area contributed by atoms with Crippen LogP contribution in [0.4, 0.5) is 0 Å². The van der Waals surface area contributed by atoms with Crippen molar-refractivity contribution in [1.29, 1.82) is 0 Å². The number of carbonyl (C=O) groups is 1. The Morgan fingerprint density at radius 3 is 3.05 bits per heavy atom. The lowest BCUT2D eigenvalue weighted by atomic mass is 10.2. The van der Waals surface area contributed by atoms with Crippen molar-refractivity contribution in [3.63, 3.8) is 0 Å². The molecule has 1 aliphatic heterocycles. The maximum absolute atomic E-state index is 11.9. The lowest BCUT2D eigenvalue weighted by Gasteiger charge is -2.22. The molecule has 1 aliphatic rings. The lowest BCUT2D eigenvalue weighted by Crippen LogP contribution is -2.48. The summed E-state index contributed by atoms with van der Waals surface area (Å²) in [7, 11) is 0. The van der Waals surface area contributed by atoms with Gasteiger partial charge < -0.3 is 19.8 Å². The molecule has 0 spiro atoms. The molecule has 22 heavy (non-hydrogen) atoms. The van der Waals surface area contributed by atoms with Gasteiger partial charge >= 0.3 is 0 Å². The van der Waals surface area contributed by atoms with Crippen LogP contribution in [-0.2, 0) is 16.0 Å². The Kier molecular flexibility index (Phi) is 7.61. The van der Waals surface area contributed by atoms with E-state index in [0.29, 0.717) is 26.1 Å². The fraction of sp³-hybridized carbons (Fsp3) is 0.429. The quantitative estimate of drug-likeness (QED) is 0.860. The van der Waals surface area contributed by atoms with E-state index < -0.39 is 0 Å². The first-order chi connectivity index (χ1) is 9.83. The Labute approximate surface area is 141 Å². The van der Waals surface area contributed by atoms with Crippen LogP contribution < -0.4 is 10.6 Å². The van der Waals surface area contributed by atoms with Crippen LogP contribution in [0.2, 0.25) is 0 Å². The monoisotopic (exact) mass is 346 g/mol. The van der Waals surface area contributed by atoms with E-state index in [1.807, 2.05) is 35.0 Å². The van der Waals surface area contributed by atoms with Crippen LogP contribution in [0.1, 0.15) is 5.69 Å². The summed E-state index contributed by atoms with van der Waals surface area (Å²) < 4.78 is 7.37. The molecule has 122 valence electrons. The molecular formula is C14H20Cl2N4O2. The van der Waals surface area contributed by atoms with Crippen LogP contribution in [0.25, 0.3) is 5.65 Å². The second kappa shape index (κ2) is 8.95. The summed E-state index contributed by atoms with van der Waals surface area (Å²) in [4.78, 5) is 16.3. The average Bonchev–Trinajstić information content (AvgIpc) is 2.90. The van der Waals surface area contributed by atoms with Gasteiger partial charge in [0, 0.05) is 38.4 Å². The third-order valence-electron chi connectivity index (χ3n) is 3.31. The van der Waals surface area contributed by atoms with Gasteiger partial charge in [-0.25, -0.2) is 4.98 Å². The van der Waals surface area contributed by atoms with Crippen LogP contribution in [0.5, 0.6) is 0 Å². The number of amides is 1. The Balaban J connectivity index is 0.00000121. The molecule has 1 atom stereocenters. The predicted octanol–water partition coefficient (Wildman–Crippen LogP) is 0.825. The maximum Gasteiger partial charge on any atom is 0.250 e. The number of fused-ring (bicyclic) bond motifs is 1. The SMILES string of the molecule is Cl.Cl.O=C(NCCc1cn2ccccc2n1)C1CNCCO1. The summed E-state index contributed by atoms with van der Waals surface area (Å²) in [6, 6.07) is 5.89. The van der Waals surface area contributed by atoms with Crippen molar-refractivity contribution in [3.8, 4) is 0 Å². The Morgan fingerprint density at radius 2 is 2.32 bits per heavy atom. The van der Waals surface area contributed by atoms with Crippen molar-refractivity contribution in [3.05, 3.63) is 36.3 Å². The van der Waals surface area contributed by atoms with Crippen LogP contribution in [-0.4, -0.2) is 47.6 Å². The van der Waals surface area contributed by atoms with E-state index in [4.69, 9.17) is 4.74 Å². The highest BCUT2D eigenvalue weighted by Crippen LogP contribution is 2.04. The van der Waals surface area contributed by atoms with Crippen molar-refractivity contribution >= 4 is 36.4 Å². The number of imidazole rings is 1. The van der Waals surface area contributed by atoms with Gasteiger partial charge in [-0.2, -0.15) is 0 Å². The Hall–Kier alpha value is -1.34. The number of hydrogen-bond acceptors (Lipinski definition) is 4. The van der Waals surface area contributed by atoms with E-state index in [1.165, 1.54) is 0 Å². The topological polar surface area (TPSA) is 67.7 Å². The molecule has 2 aromatic rings. The molecule has 8 heteroatoms. The second-order valence-electron chi connectivity index (χ2n) is 4.80.